The number of nitriles is 1. The van der Waals surface area contributed by atoms with E-state index in [-0.39, 0.29) is 23.7 Å². The Morgan fingerprint density at radius 3 is 2.42 bits per heavy atom. The van der Waals surface area contributed by atoms with Gasteiger partial charge in [0.25, 0.3) is 0 Å². The van der Waals surface area contributed by atoms with Crippen molar-refractivity contribution in [3.8, 4) is 6.07 Å². The van der Waals surface area contributed by atoms with E-state index in [1.165, 1.54) is 0 Å². The number of rotatable bonds is 6. The molecule has 7 heteroatoms. The van der Waals surface area contributed by atoms with Crippen LogP contribution in [0.15, 0.2) is 36.8 Å². The van der Waals surface area contributed by atoms with Crippen LogP contribution in [0.3, 0.4) is 0 Å². The molecule has 1 fully saturated rings. The molecule has 0 bridgehead atoms. The lowest BCUT2D eigenvalue weighted by atomic mass is 9.87. The third kappa shape index (κ3) is 5.86. The minimum Gasteiger partial charge on any atom is -0.446 e. The maximum absolute atomic E-state index is 12.7. The molecule has 3 rings (SSSR count). The fourth-order valence-electron chi connectivity index (χ4n) is 4.11. The molecule has 2 aromatic rings. The number of piperazine rings is 1. The van der Waals surface area contributed by atoms with Crippen LogP contribution in [-0.4, -0.2) is 58.1 Å². The van der Waals surface area contributed by atoms with Crippen LogP contribution in [-0.2, 0) is 11.2 Å². The van der Waals surface area contributed by atoms with Crippen LogP contribution < -0.4 is 0 Å². The lowest BCUT2D eigenvalue weighted by Gasteiger charge is -2.39. The Morgan fingerprint density at radius 2 is 1.90 bits per heavy atom. The minimum atomic E-state index is -0.216. The molecule has 1 aliphatic heterocycles. The Morgan fingerprint density at radius 1 is 1.23 bits per heavy atom. The Hall–Kier alpha value is -2.85. The number of nitrogens with one attached hydrogen (secondary N) is 1. The Labute approximate surface area is 185 Å². The van der Waals surface area contributed by atoms with Crippen molar-refractivity contribution in [2.24, 2.45) is 5.41 Å². The zero-order chi connectivity index (χ0) is 22.4. The summed E-state index contributed by atoms with van der Waals surface area (Å²) in [4.78, 5) is 24.4. The van der Waals surface area contributed by atoms with Crippen LogP contribution in [0.5, 0.6) is 0 Å². The molecule has 0 spiro atoms. The van der Waals surface area contributed by atoms with Crippen LogP contribution in [0.25, 0.3) is 0 Å². The lowest BCUT2D eigenvalue weighted by molar-refractivity contribution is -0.00275. The van der Waals surface area contributed by atoms with Gasteiger partial charge in [0.1, 0.15) is 6.10 Å². The highest BCUT2D eigenvalue weighted by molar-refractivity contribution is 5.68. The molecular formula is C24H33N5O2. The molecule has 0 aliphatic carbocycles. The van der Waals surface area contributed by atoms with Crippen molar-refractivity contribution in [2.75, 3.05) is 26.2 Å². The van der Waals surface area contributed by atoms with Gasteiger partial charge in [0, 0.05) is 32.4 Å². The summed E-state index contributed by atoms with van der Waals surface area (Å²) < 4.78 is 5.81. The van der Waals surface area contributed by atoms with Crippen molar-refractivity contribution in [3.63, 3.8) is 0 Å². The van der Waals surface area contributed by atoms with Gasteiger partial charge in [-0.2, -0.15) is 5.26 Å². The number of benzene rings is 1. The number of ether oxygens (including phenoxy) is 1. The van der Waals surface area contributed by atoms with Gasteiger partial charge in [-0.25, -0.2) is 9.78 Å². The zero-order valence-corrected chi connectivity index (χ0v) is 19.0. The van der Waals surface area contributed by atoms with E-state index in [1.807, 2.05) is 35.4 Å². The summed E-state index contributed by atoms with van der Waals surface area (Å²) in [5.41, 5.74) is 2.81. The Kier molecular flexibility index (Phi) is 7.34. The standard InChI is InChI=1S/C24H33N5O2/c1-5-22(24(2,3)4)31-23(30)29-12-10-28(11-13-29)21(20-16-26-17-27-20)14-18-6-8-19(15-25)9-7-18/h6-9,16-17,21-22H,5,10-14H2,1-4H3,(H,26,27). The van der Waals surface area contributed by atoms with Crippen LogP contribution >= 0.6 is 0 Å². The number of amides is 1. The van der Waals surface area contributed by atoms with Gasteiger partial charge in [0.05, 0.1) is 29.7 Å². The molecule has 2 heterocycles. The third-order valence-electron chi connectivity index (χ3n) is 5.98. The number of nitrogens with zero attached hydrogens (tertiary/aromatic N) is 4. The molecule has 1 aromatic heterocycles. The predicted molar refractivity (Wildman–Crippen MR) is 119 cm³/mol. The molecule has 0 saturated carbocycles. The average Bonchev–Trinajstić information content (AvgIpc) is 3.30. The topological polar surface area (TPSA) is 85.2 Å². The zero-order valence-electron chi connectivity index (χ0n) is 19.0. The van der Waals surface area contributed by atoms with Crippen molar-refractivity contribution < 1.29 is 9.53 Å². The molecule has 31 heavy (non-hydrogen) atoms. The van der Waals surface area contributed by atoms with Gasteiger partial charge in [-0.3, -0.25) is 4.90 Å². The highest BCUT2D eigenvalue weighted by atomic mass is 16.6. The van der Waals surface area contributed by atoms with Gasteiger partial charge in [0.2, 0.25) is 0 Å². The van der Waals surface area contributed by atoms with Crippen molar-refractivity contribution in [2.45, 2.75) is 52.7 Å². The highest BCUT2D eigenvalue weighted by Crippen LogP contribution is 2.27. The molecule has 166 valence electrons. The number of imidazole rings is 1. The van der Waals surface area contributed by atoms with E-state index in [0.29, 0.717) is 18.7 Å². The molecule has 0 radical (unpaired) electrons. The number of carbonyl (C=O) groups excluding carboxylic acids is 1. The van der Waals surface area contributed by atoms with Gasteiger partial charge in [0.15, 0.2) is 0 Å². The Balaban J connectivity index is 1.64. The molecule has 1 aliphatic rings. The van der Waals surface area contributed by atoms with Crippen molar-refractivity contribution in [1.82, 2.24) is 19.8 Å². The van der Waals surface area contributed by atoms with Crippen LogP contribution in [0.4, 0.5) is 4.79 Å². The maximum Gasteiger partial charge on any atom is 0.410 e. The second-order valence-electron chi connectivity index (χ2n) is 9.21. The molecule has 2 atom stereocenters. The van der Waals surface area contributed by atoms with Crippen molar-refractivity contribution >= 4 is 6.09 Å². The number of carbonyl (C=O) groups is 1. The normalized spacial score (nSPS) is 17.1. The van der Waals surface area contributed by atoms with E-state index in [9.17, 15) is 4.79 Å². The molecule has 1 amide bonds. The first-order chi connectivity index (χ1) is 14.8. The quantitative estimate of drug-likeness (QED) is 0.755. The highest BCUT2D eigenvalue weighted by Gasteiger charge is 2.32. The number of hydrogen-bond donors (Lipinski definition) is 1. The van der Waals surface area contributed by atoms with E-state index in [4.69, 9.17) is 10.00 Å². The van der Waals surface area contributed by atoms with Gasteiger partial charge >= 0.3 is 6.09 Å². The molecule has 1 aromatic carbocycles. The van der Waals surface area contributed by atoms with Crippen LogP contribution in [0.1, 0.15) is 57.0 Å². The van der Waals surface area contributed by atoms with Crippen molar-refractivity contribution in [3.05, 3.63) is 53.6 Å². The molecule has 1 N–H and O–H groups in total. The summed E-state index contributed by atoms with van der Waals surface area (Å²) in [7, 11) is 0. The minimum absolute atomic E-state index is 0.0704. The summed E-state index contributed by atoms with van der Waals surface area (Å²) in [6, 6.07) is 10.0. The van der Waals surface area contributed by atoms with E-state index < -0.39 is 0 Å². The van der Waals surface area contributed by atoms with Crippen LogP contribution in [0.2, 0.25) is 0 Å². The SMILES string of the molecule is CCC(OC(=O)N1CCN(C(Cc2ccc(C#N)cc2)c2cnc[nH]2)CC1)C(C)(C)C. The first kappa shape index (κ1) is 22.8. The molecule has 7 nitrogen and oxygen atoms in total. The van der Waals surface area contributed by atoms with Gasteiger partial charge in [-0.15, -0.1) is 0 Å². The molecular weight excluding hydrogens is 390 g/mol. The fourth-order valence-corrected chi connectivity index (χ4v) is 4.11. The van der Waals surface area contributed by atoms with E-state index in [2.05, 4.69) is 48.6 Å². The smallest absolute Gasteiger partial charge is 0.410 e. The average molecular weight is 424 g/mol. The maximum atomic E-state index is 12.7. The largest absolute Gasteiger partial charge is 0.446 e. The second kappa shape index (κ2) is 9.97. The Bertz CT molecular complexity index is 872. The number of aromatic amines is 1. The summed E-state index contributed by atoms with van der Waals surface area (Å²) in [5.74, 6) is 0. The molecule has 1 saturated heterocycles. The monoisotopic (exact) mass is 423 g/mol. The summed E-state index contributed by atoms with van der Waals surface area (Å²) >= 11 is 0. The number of hydrogen-bond acceptors (Lipinski definition) is 5. The first-order valence-electron chi connectivity index (χ1n) is 11.0. The van der Waals surface area contributed by atoms with Crippen molar-refractivity contribution in [1.29, 1.82) is 5.26 Å². The van der Waals surface area contributed by atoms with Gasteiger partial charge in [-0.1, -0.05) is 39.8 Å². The molecule has 2 unspecified atom stereocenters. The number of H-pyrrole nitrogens is 1. The summed E-state index contributed by atoms with van der Waals surface area (Å²) in [6.07, 6.45) is 4.87. The lowest BCUT2D eigenvalue weighted by Crippen LogP contribution is -2.51. The summed E-state index contributed by atoms with van der Waals surface area (Å²) in [5, 5.41) is 9.04. The van der Waals surface area contributed by atoms with Gasteiger partial charge in [-0.05, 0) is 36.0 Å². The predicted octanol–water partition coefficient (Wildman–Crippen LogP) is 4.14. The van der Waals surface area contributed by atoms with Gasteiger partial charge < -0.3 is 14.6 Å². The summed E-state index contributed by atoms with van der Waals surface area (Å²) in [6.45, 7) is 11.2. The third-order valence-corrected chi connectivity index (χ3v) is 5.98. The first-order valence-corrected chi connectivity index (χ1v) is 11.0. The second-order valence-corrected chi connectivity index (χ2v) is 9.21. The van der Waals surface area contributed by atoms with E-state index in [0.717, 1.165) is 37.2 Å². The fraction of sp³-hybridized carbons (Fsp3) is 0.542. The number of aromatic nitrogens is 2. The van der Waals surface area contributed by atoms with Crippen LogP contribution in [0, 0.1) is 16.7 Å². The van der Waals surface area contributed by atoms with E-state index >= 15 is 0 Å². The van der Waals surface area contributed by atoms with E-state index in [1.54, 1.807) is 6.33 Å².